The maximum absolute atomic E-state index is 12.3. The topological polar surface area (TPSA) is 66.8 Å². The number of carbonyl (C=O) groups is 2. The van der Waals surface area contributed by atoms with Crippen molar-refractivity contribution < 1.29 is 28.2 Å². The number of nitrogens with zero attached hydrogens (tertiary/aromatic N) is 1. The Morgan fingerprint density at radius 3 is 2.40 bits per heavy atom. The molecule has 0 bridgehead atoms. The third kappa shape index (κ3) is 6.27. The first kappa shape index (κ1) is 18.8. The third-order valence-electron chi connectivity index (χ3n) is 2.73. The third-order valence-corrected chi connectivity index (χ3v) is 2.73. The number of rotatable bonds is 3. The number of aliphatic hydroxyl groups excluding tert-OH is 1. The van der Waals surface area contributed by atoms with Gasteiger partial charge in [-0.15, -0.1) is 0 Å². The summed E-state index contributed by atoms with van der Waals surface area (Å²) in [6, 6.07) is -0.649. The van der Waals surface area contributed by atoms with Crippen LogP contribution < -0.4 is 0 Å². The molecular weight excluding hydrogens is 272 g/mol. The van der Waals surface area contributed by atoms with E-state index in [4.69, 9.17) is 9.84 Å². The summed E-state index contributed by atoms with van der Waals surface area (Å²) in [5, 5.41) is 7.00. The van der Waals surface area contributed by atoms with Crippen LogP contribution in [0.3, 0.4) is 0 Å². The van der Waals surface area contributed by atoms with Crippen LogP contribution in [0.15, 0.2) is 0 Å². The molecule has 0 spiro atoms. The van der Waals surface area contributed by atoms with Gasteiger partial charge in [0.25, 0.3) is 0 Å². The first-order chi connectivity index (χ1) is 9.23. The van der Waals surface area contributed by atoms with E-state index in [0.717, 1.165) is 7.11 Å². The molecule has 1 aliphatic rings. The van der Waals surface area contributed by atoms with Gasteiger partial charge in [0.1, 0.15) is 11.9 Å². The van der Waals surface area contributed by atoms with Crippen molar-refractivity contribution in [3.05, 3.63) is 0 Å². The average molecular weight is 295 g/mol. The smallest absolute Gasteiger partial charge is 0.410 e. The van der Waals surface area contributed by atoms with Gasteiger partial charge in [0.15, 0.2) is 0 Å². The minimum absolute atomic E-state index is 0.155. The number of halogens is 2. The number of amides is 1. The molecule has 0 radical (unpaired) electrons. The zero-order valence-electron chi connectivity index (χ0n) is 12.3. The highest BCUT2D eigenvalue weighted by Crippen LogP contribution is 2.28. The van der Waals surface area contributed by atoms with E-state index in [1.807, 2.05) is 0 Å². The summed E-state index contributed by atoms with van der Waals surface area (Å²) in [6.45, 7) is 5.30. The number of likely N-dealkylation sites (tertiary alicyclic amines) is 1. The lowest BCUT2D eigenvalue weighted by molar-refractivity contribution is -0.111. The van der Waals surface area contributed by atoms with Crippen molar-refractivity contribution in [3.8, 4) is 0 Å². The van der Waals surface area contributed by atoms with E-state index in [1.54, 1.807) is 20.8 Å². The summed E-state index contributed by atoms with van der Waals surface area (Å²) in [4.78, 5) is 23.9. The Bertz CT molecular complexity index is 318. The van der Waals surface area contributed by atoms with E-state index in [9.17, 15) is 18.4 Å². The van der Waals surface area contributed by atoms with Crippen LogP contribution in [-0.2, 0) is 9.53 Å². The molecule has 1 fully saturated rings. The molecule has 1 aliphatic heterocycles. The highest BCUT2D eigenvalue weighted by molar-refractivity contribution is 5.74. The van der Waals surface area contributed by atoms with Gasteiger partial charge >= 0.3 is 6.09 Å². The van der Waals surface area contributed by atoms with Crippen LogP contribution in [0.25, 0.3) is 0 Å². The summed E-state index contributed by atoms with van der Waals surface area (Å²) in [5.74, 6) is -0.340. The van der Waals surface area contributed by atoms with Gasteiger partial charge in [-0.05, 0) is 33.1 Å². The van der Waals surface area contributed by atoms with Crippen LogP contribution in [0.5, 0.6) is 0 Å². The molecule has 2 unspecified atom stereocenters. The van der Waals surface area contributed by atoms with Crippen LogP contribution in [-0.4, -0.2) is 54.1 Å². The van der Waals surface area contributed by atoms with E-state index in [1.165, 1.54) is 4.90 Å². The SMILES string of the molecule is CC(C)(C)OC(=O)N1CC(CC(F)F)CC1C=O.CO. The maximum atomic E-state index is 12.3. The Hall–Kier alpha value is -1.24. The van der Waals surface area contributed by atoms with Crippen molar-refractivity contribution in [3.63, 3.8) is 0 Å². The zero-order valence-corrected chi connectivity index (χ0v) is 12.3. The standard InChI is InChI=1S/C12H19F2NO3.CH4O/c1-12(2,3)18-11(17)15-6-8(5-10(13)14)4-9(15)7-16;1-2/h7-10H,4-6H2,1-3H3;2H,1H3. The van der Waals surface area contributed by atoms with Crippen LogP contribution in [0.4, 0.5) is 13.6 Å². The quantitative estimate of drug-likeness (QED) is 0.809. The Morgan fingerprint density at radius 1 is 1.45 bits per heavy atom. The van der Waals surface area contributed by atoms with Crippen molar-refractivity contribution in [1.82, 2.24) is 4.90 Å². The first-order valence-corrected chi connectivity index (χ1v) is 6.40. The van der Waals surface area contributed by atoms with Gasteiger partial charge in [-0.25, -0.2) is 13.6 Å². The minimum Gasteiger partial charge on any atom is -0.444 e. The Balaban J connectivity index is 0.00000172. The predicted molar refractivity (Wildman–Crippen MR) is 69.7 cm³/mol. The number of aldehydes is 1. The van der Waals surface area contributed by atoms with Gasteiger partial charge in [-0.3, -0.25) is 4.90 Å². The Kier molecular flexibility index (Phi) is 7.63. The van der Waals surface area contributed by atoms with E-state index in [2.05, 4.69) is 0 Å². The van der Waals surface area contributed by atoms with Crippen molar-refractivity contribution in [1.29, 1.82) is 0 Å². The monoisotopic (exact) mass is 295 g/mol. The van der Waals surface area contributed by atoms with Gasteiger partial charge < -0.3 is 14.6 Å². The first-order valence-electron chi connectivity index (χ1n) is 6.40. The lowest BCUT2D eigenvalue weighted by Gasteiger charge is -2.26. The molecule has 2 atom stereocenters. The van der Waals surface area contributed by atoms with Gasteiger partial charge in [0.05, 0.1) is 6.04 Å². The van der Waals surface area contributed by atoms with E-state index in [0.29, 0.717) is 6.29 Å². The number of alkyl halides is 2. The molecule has 0 aromatic rings. The molecule has 7 heteroatoms. The van der Waals surface area contributed by atoms with E-state index >= 15 is 0 Å². The molecule has 1 saturated heterocycles. The molecule has 0 aliphatic carbocycles. The summed E-state index contributed by atoms with van der Waals surface area (Å²) in [5.41, 5.74) is -0.661. The molecule has 1 N–H and O–H groups in total. The lowest BCUT2D eigenvalue weighted by Crippen LogP contribution is -2.40. The summed E-state index contributed by atoms with van der Waals surface area (Å²) in [7, 11) is 1.00. The molecular formula is C13H23F2NO4. The predicted octanol–water partition coefficient (Wildman–Crippen LogP) is 2.07. The largest absolute Gasteiger partial charge is 0.444 e. The van der Waals surface area contributed by atoms with Gasteiger partial charge in [-0.1, -0.05) is 0 Å². The number of hydrogen-bond donors (Lipinski definition) is 1. The van der Waals surface area contributed by atoms with Gasteiger partial charge in [-0.2, -0.15) is 0 Å². The number of aliphatic hydroxyl groups is 1. The van der Waals surface area contributed by atoms with Gasteiger partial charge in [0.2, 0.25) is 6.43 Å². The second kappa shape index (κ2) is 8.14. The fraction of sp³-hybridized carbons (Fsp3) is 0.846. The molecule has 20 heavy (non-hydrogen) atoms. The fourth-order valence-electron chi connectivity index (χ4n) is 2.04. The Morgan fingerprint density at radius 2 is 2.00 bits per heavy atom. The molecule has 0 saturated carbocycles. The van der Waals surface area contributed by atoms with Crippen molar-refractivity contribution in [2.24, 2.45) is 5.92 Å². The summed E-state index contributed by atoms with van der Waals surface area (Å²) < 4.78 is 29.7. The summed E-state index contributed by atoms with van der Waals surface area (Å²) >= 11 is 0. The molecule has 0 aromatic carbocycles. The van der Waals surface area contributed by atoms with E-state index in [-0.39, 0.29) is 25.3 Å². The number of ether oxygens (including phenoxy) is 1. The van der Waals surface area contributed by atoms with Crippen LogP contribution >= 0.6 is 0 Å². The fourth-order valence-corrected chi connectivity index (χ4v) is 2.04. The molecule has 1 rings (SSSR count). The zero-order chi connectivity index (χ0) is 15.9. The lowest BCUT2D eigenvalue weighted by atomic mass is 10.0. The van der Waals surface area contributed by atoms with E-state index < -0.39 is 24.2 Å². The molecule has 1 amide bonds. The molecule has 118 valence electrons. The van der Waals surface area contributed by atoms with Crippen molar-refractivity contribution in [2.75, 3.05) is 13.7 Å². The van der Waals surface area contributed by atoms with Crippen LogP contribution in [0.1, 0.15) is 33.6 Å². The van der Waals surface area contributed by atoms with Crippen LogP contribution in [0.2, 0.25) is 0 Å². The van der Waals surface area contributed by atoms with Crippen molar-refractivity contribution >= 4 is 12.4 Å². The highest BCUT2D eigenvalue weighted by atomic mass is 19.3. The second-order valence-corrected chi connectivity index (χ2v) is 5.56. The average Bonchev–Trinajstić information content (AvgIpc) is 2.71. The number of hydrogen-bond acceptors (Lipinski definition) is 4. The van der Waals surface area contributed by atoms with Gasteiger partial charge in [0, 0.05) is 20.1 Å². The highest BCUT2D eigenvalue weighted by Gasteiger charge is 2.38. The van der Waals surface area contributed by atoms with Crippen molar-refractivity contribution in [2.45, 2.75) is 51.7 Å². The Labute approximate surface area is 117 Å². The molecule has 5 nitrogen and oxygen atoms in total. The molecule has 0 aromatic heterocycles. The number of carbonyl (C=O) groups excluding carboxylic acids is 2. The normalized spacial score (nSPS) is 22.3. The van der Waals surface area contributed by atoms with Crippen LogP contribution in [0, 0.1) is 5.92 Å². The minimum atomic E-state index is -2.42. The summed E-state index contributed by atoms with van der Waals surface area (Å²) in [6.07, 6.45) is -2.41. The molecule has 1 heterocycles. The second-order valence-electron chi connectivity index (χ2n) is 5.56. The maximum Gasteiger partial charge on any atom is 0.410 e.